The first-order chi connectivity index (χ1) is 9.88. The molecule has 0 fully saturated rings. The number of anilines is 1. The minimum absolute atomic E-state index is 0.0285. The maximum Gasteiger partial charge on any atom is 0.337 e. The number of carboxylic acids is 1. The molecule has 2 N–H and O–H groups in total. The normalized spacial score (nSPS) is 10.2. The summed E-state index contributed by atoms with van der Waals surface area (Å²) in [5, 5.41) is 11.5. The minimum atomic E-state index is -1.32. The van der Waals surface area contributed by atoms with Crippen molar-refractivity contribution in [1.29, 1.82) is 0 Å². The van der Waals surface area contributed by atoms with Gasteiger partial charge in [-0.1, -0.05) is 15.9 Å². The minimum Gasteiger partial charge on any atom is -0.478 e. The van der Waals surface area contributed by atoms with Gasteiger partial charge in [0.15, 0.2) is 0 Å². The highest BCUT2D eigenvalue weighted by Gasteiger charge is 2.16. The molecule has 0 heterocycles. The van der Waals surface area contributed by atoms with Gasteiger partial charge in [0.25, 0.3) is 5.91 Å². The molecule has 0 saturated heterocycles. The third-order valence-electron chi connectivity index (χ3n) is 2.63. The van der Waals surface area contributed by atoms with Crippen LogP contribution in [-0.4, -0.2) is 17.0 Å². The van der Waals surface area contributed by atoms with Gasteiger partial charge in [-0.25, -0.2) is 9.18 Å². The molecule has 2 aromatic carbocycles. The van der Waals surface area contributed by atoms with Gasteiger partial charge in [-0.05, 0) is 52.3 Å². The van der Waals surface area contributed by atoms with Crippen molar-refractivity contribution in [3.8, 4) is 0 Å². The van der Waals surface area contributed by atoms with Crippen LogP contribution in [0.2, 0.25) is 0 Å². The molecule has 0 atom stereocenters. The molecule has 0 saturated carbocycles. The zero-order valence-corrected chi connectivity index (χ0v) is 13.5. The first kappa shape index (κ1) is 15.7. The molecule has 0 bridgehead atoms. The first-order valence-corrected chi connectivity index (χ1v) is 7.26. The van der Waals surface area contributed by atoms with E-state index in [-0.39, 0.29) is 11.3 Å². The molecule has 0 unspecified atom stereocenters. The molecule has 7 heteroatoms. The lowest BCUT2D eigenvalue weighted by atomic mass is 10.1. The van der Waals surface area contributed by atoms with E-state index in [2.05, 4.69) is 37.2 Å². The quantitative estimate of drug-likeness (QED) is 0.783. The maximum absolute atomic E-state index is 13.1. The van der Waals surface area contributed by atoms with Gasteiger partial charge in [-0.15, -0.1) is 0 Å². The topological polar surface area (TPSA) is 66.4 Å². The van der Waals surface area contributed by atoms with Gasteiger partial charge >= 0.3 is 5.97 Å². The lowest BCUT2D eigenvalue weighted by Crippen LogP contribution is -2.15. The molecule has 0 aliphatic heterocycles. The number of hydrogen-bond acceptors (Lipinski definition) is 2. The maximum atomic E-state index is 13.1. The van der Waals surface area contributed by atoms with Crippen LogP contribution in [0.3, 0.4) is 0 Å². The molecular formula is C14H8Br2FNO3. The lowest BCUT2D eigenvalue weighted by Gasteiger charge is -2.10. The van der Waals surface area contributed by atoms with Crippen molar-refractivity contribution in [2.45, 2.75) is 0 Å². The van der Waals surface area contributed by atoms with Gasteiger partial charge in [0.2, 0.25) is 0 Å². The van der Waals surface area contributed by atoms with Crippen LogP contribution in [0.25, 0.3) is 0 Å². The van der Waals surface area contributed by atoms with E-state index in [1.165, 1.54) is 6.07 Å². The third-order valence-corrected chi connectivity index (χ3v) is 3.82. The molecule has 0 aliphatic carbocycles. The van der Waals surface area contributed by atoms with Gasteiger partial charge in [0, 0.05) is 8.95 Å². The number of rotatable bonds is 3. The summed E-state index contributed by atoms with van der Waals surface area (Å²) < 4.78 is 14.4. The predicted molar refractivity (Wildman–Crippen MR) is 83.2 cm³/mol. The van der Waals surface area contributed by atoms with Crippen molar-refractivity contribution in [1.82, 2.24) is 0 Å². The fourth-order valence-electron chi connectivity index (χ4n) is 1.66. The van der Waals surface area contributed by atoms with Gasteiger partial charge in [-0.2, -0.15) is 0 Å². The number of carbonyl (C=O) groups is 2. The summed E-state index contributed by atoms with van der Waals surface area (Å²) in [6.45, 7) is 0. The van der Waals surface area contributed by atoms with Crippen LogP contribution < -0.4 is 5.32 Å². The lowest BCUT2D eigenvalue weighted by molar-refractivity contribution is 0.0697. The SMILES string of the molecule is O=C(Nc1ccc(F)cc1C(=O)O)c1cc(Br)ccc1Br. The average Bonchev–Trinajstić information content (AvgIpc) is 2.43. The third kappa shape index (κ3) is 3.68. The highest BCUT2D eigenvalue weighted by atomic mass is 79.9. The molecule has 2 aromatic rings. The number of carboxylic acid groups (broad SMARTS) is 1. The second kappa shape index (κ2) is 6.36. The van der Waals surface area contributed by atoms with Crippen molar-refractivity contribution >= 4 is 49.4 Å². The standard InChI is InChI=1S/C14H8Br2FNO3/c15-7-1-3-11(16)9(5-7)13(19)18-12-4-2-8(17)6-10(12)14(20)21/h1-6H,(H,18,19)(H,20,21). The van der Waals surface area contributed by atoms with Crippen molar-refractivity contribution in [3.63, 3.8) is 0 Å². The molecule has 4 nitrogen and oxygen atoms in total. The zero-order valence-electron chi connectivity index (χ0n) is 10.4. The second-order valence-corrected chi connectivity index (χ2v) is 5.84. The summed E-state index contributed by atoms with van der Waals surface area (Å²) in [7, 11) is 0. The Hall–Kier alpha value is -1.73. The van der Waals surface area contributed by atoms with Crippen LogP contribution in [0, 0.1) is 5.82 Å². The molecule has 108 valence electrons. The number of carbonyl (C=O) groups excluding carboxylic acids is 1. The van der Waals surface area contributed by atoms with Crippen molar-refractivity contribution in [3.05, 3.63) is 62.3 Å². The molecular weight excluding hydrogens is 409 g/mol. The molecule has 0 spiro atoms. The number of benzene rings is 2. The summed E-state index contributed by atoms with van der Waals surface area (Å²) >= 11 is 6.50. The zero-order chi connectivity index (χ0) is 15.6. The Bertz CT molecular complexity index is 734. The van der Waals surface area contributed by atoms with E-state index in [9.17, 15) is 14.0 Å². The first-order valence-electron chi connectivity index (χ1n) is 5.67. The number of nitrogens with one attached hydrogen (secondary N) is 1. The van der Waals surface area contributed by atoms with E-state index >= 15 is 0 Å². The number of aromatic carboxylic acids is 1. The van der Waals surface area contributed by atoms with Gasteiger partial charge < -0.3 is 10.4 Å². The summed E-state index contributed by atoms with van der Waals surface area (Å²) in [6.07, 6.45) is 0. The van der Waals surface area contributed by atoms with Crippen LogP contribution in [-0.2, 0) is 0 Å². The van der Waals surface area contributed by atoms with Crippen molar-refractivity contribution < 1.29 is 19.1 Å². The molecule has 0 aliphatic rings. The Kier molecular flexibility index (Phi) is 4.74. The number of hydrogen-bond donors (Lipinski definition) is 2. The Balaban J connectivity index is 2.36. The largest absolute Gasteiger partial charge is 0.478 e. The van der Waals surface area contributed by atoms with Gasteiger partial charge in [0.05, 0.1) is 16.8 Å². The molecule has 1 amide bonds. The van der Waals surface area contributed by atoms with Gasteiger partial charge in [-0.3, -0.25) is 4.79 Å². The fraction of sp³-hybridized carbons (Fsp3) is 0. The van der Waals surface area contributed by atoms with E-state index < -0.39 is 17.7 Å². The van der Waals surface area contributed by atoms with E-state index in [1.807, 2.05) is 0 Å². The smallest absolute Gasteiger partial charge is 0.337 e. The van der Waals surface area contributed by atoms with E-state index in [4.69, 9.17) is 5.11 Å². The predicted octanol–water partition coefficient (Wildman–Crippen LogP) is 4.30. The second-order valence-electron chi connectivity index (χ2n) is 4.07. The molecule has 0 aromatic heterocycles. The van der Waals surface area contributed by atoms with E-state index in [1.54, 1.807) is 18.2 Å². The monoisotopic (exact) mass is 415 g/mol. The molecule has 0 radical (unpaired) electrons. The summed E-state index contributed by atoms with van der Waals surface area (Å²) in [5.74, 6) is -2.51. The van der Waals surface area contributed by atoms with Crippen LogP contribution in [0.1, 0.15) is 20.7 Å². The summed E-state index contributed by atoms with van der Waals surface area (Å²) in [5.41, 5.74) is 0.0419. The highest BCUT2D eigenvalue weighted by molar-refractivity contribution is 9.11. The average molecular weight is 417 g/mol. The fourth-order valence-corrected chi connectivity index (χ4v) is 2.45. The molecule has 2 rings (SSSR count). The van der Waals surface area contributed by atoms with E-state index in [0.29, 0.717) is 14.5 Å². The van der Waals surface area contributed by atoms with Crippen LogP contribution in [0.4, 0.5) is 10.1 Å². The van der Waals surface area contributed by atoms with Crippen LogP contribution >= 0.6 is 31.9 Å². The molecule has 21 heavy (non-hydrogen) atoms. The van der Waals surface area contributed by atoms with Crippen molar-refractivity contribution in [2.24, 2.45) is 0 Å². The van der Waals surface area contributed by atoms with Gasteiger partial charge in [0.1, 0.15) is 5.82 Å². The number of halogens is 3. The van der Waals surface area contributed by atoms with E-state index in [0.717, 1.165) is 12.1 Å². The Morgan fingerprint density at radius 3 is 2.43 bits per heavy atom. The number of amides is 1. The van der Waals surface area contributed by atoms with Crippen LogP contribution in [0.15, 0.2) is 45.3 Å². The Labute approximate surface area is 136 Å². The van der Waals surface area contributed by atoms with Crippen LogP contribution in [0.5, 0.6) is 0 Å². The Morgan fingerprint density at radius 2 is 1.76 bits per heavy atom. The Morgan fingerprint density at radius 1 is 1.05 bits per heavy atom. The van der Waals surface area contributed by atoms with Crippen molar-refractivity contribution in [2.75, 3.05) is 5.32 Å². The summed E-state index contributed by atoms with van der Waals surface area (Å²) in [6, 6.07) is 8.17. The summed E-state index contributed by atoms with van der Waals surface area (Å²) in [4.78, 5) is 23.3. The highest BCUT2D eigenvalue weighted by Crippen LogP contribution is 2.24.